The number of halogens is 2. The monoisotopic (exact) mass is 273 g/mol. The van der Waals surface area contributed by atoms with Gasteiger partial charge in [0.2, 0.25) is 5.91 Å². The number of carbonyl (C=O) groups is 1. The second kappa shape index (κ2) is 3.91. The first kappa shape index (κ1) is 9.99. The van der Waals surface area contributed by atoms with Gasteiger partial charge in [-0.25, -0.2) is 0 Å². The van der Waals surface area contributed by atoms with Crippen molar-refractivity contribution in [3.05, 3.63) is 27.7 Å². The maximum atomic E-state index is 11.4. The number of hydrogen-bond acceptors (Lipinski definition) is 1. The molecule has 0 heterocycles. The maximum absolute atomic E-state index is 11.4. The Hall–Kier alpha value is -0.540. The molecule has 0 aliphatic heterocycles. The fourth-order valence-corrected chi connectivity index (χ4v) is 1.95. The van der Waals surface area contributed by atoms with E-state index in [2.05, 4.69) is 21.2 Å². The highest BCUT2D eigenvalue weighted by Crippen LogP contribution is 2.32. The fourth-order valence-electron chi connectivity index (χ4n) is 1.17. The summed E-state index contributed by atoms with van der Waals surface area (Å²) >= 11 is 9.13. The highest BCUT2D eigenvalue weighted by atomic mass is 79.9. The van der Waals surface area contributed by atoms with Gasteiger partial charge in [-0.3, -0.25) is 4.79 Å². The largest absolute Gasteiger partial charge is 0.325 e. The molecule has 1 N–H and O–H groups in total. The summed E-state index contributed by atoms with van der Waals surface area (Å²) in [5.41, 5.74) is 0.784. The van der Waals surface area contributed by atoms with Gasteiger partial charge in [-0.1, -0.05) is 11.6 Å². The van der Waals surface area contributed by atoms with Gasteiger partial charge >= 0.3 is 0 Å². The summed E-state index contributed by atoms with van der Waals surface area (Å²) in [7, 11) is 0. The number of benzene rings is 1. The fraction of sp³-hybridized carbons (Fsp3) is 0.300. The average molecular weight is 275 g/mol. The van der Waals surface area contributed by atoms with Crippen LogP contribution in [-0.4, -0.2) is 5.91 Å². The van der Waals surface area contributed by atoms with E-state index in [-0.39, 0.29) is 11.8 Å². The molecular weight excluding hydrogens is 265 g/mol. The Kier molecular flexibility index (Phi) is 2.79. The summed E-state index contributed by atoms with van der Waals surface area (Å²) in [6.07, 6.45) is 2.02. The van der Waals surface area contributed by atoms with Crippen molar-refractivity contribution in [2.75, 3.05) is 5.32 Å². The van der Waals surface area contributed by atoms with Crippen molar-refractivity contribution < 1.29 is 4.79 Å². The third-order valence-electron chi connectivity index (χ3n) is 2.14. The number of hydrogen-bond donors (Lipinski definition) is 1. The lowest BCUT2D eigenvalue weighted by atomic mass is 10.3. The highest BCUT2D eigenvalue weighted by Gasteiger charge is 2.29. The number of anilines is 1. The molecule has 1 aromatic rings. The van der Waals surface area contributed by atoms with Gasteiger partial charge in [-0.05, 0) is 47.0 Å². The zero-order valence-electron chi connectivity index (χ0n) is 7.39. The second-order valence-corrected chi connectivity index (χ2v) is 4.68. The van der Waals surface area contributed by atoms with E-state index in [1.807, 2.05) is 0 Å². The van der Waals surface area contributed by atoms with Crippen molar-refractivity contribution in [1.29, 1.82) is 0 Å². The number of nitrogens with one attached hydrogen (secondary N) is 1. The Morgan fingerprint density at radius 2 is 2.21 bits per heavy atom. The van der Waals surface area contributed by atoms with Gasteiger partial charge in [0, 0.05) is 15.4 Å². The number of rotatable bonds is 2. The van der Waals surface area contributed by atoms with Crippen molar-refractivity contribution in [2.45, 2.75) is 12.8 Å². The molecule has 0 saturated heterocycles. The molecule has 74 valence electrons. The summed E-state index contributed by atoms with van der Waals surface area (Å²) in [4.78, 5) is 11.4. The minimum absolute atomic E-state index is 0.105. The average Bonchev–Trinajstić information content (AvgIpc) is 2.92. The van der Waals surface area contributed by atoms with Crippen LogP contribution in [-0.2, 0) is 4.79 Å². The lowest BCUT2D eigenvalue weighted by Gasteiger charge is -2.06. The van der Waals surface area contributed by atoms with Crippen LogP contribution in [0.5, 0.6) is 0 Å². The van der Waals surface area contributed by atoms with E-state index in [1.54, 1.807) is 18.2 Å². The zero-order chi connectivity index (χ0) is 10.1. The van der Waals surface area contributed by atoms with Crippen LogP contribution in [0.1, 0.15) is 12.8 Å². The number of carbonyl (C=O) groups excluding carboxylic acids is 1. The molecule has 14 heavy (non-hydrogen) atoms. The van der Waals surface area contributed by atoms with Crippen molar-refractivity contribution in [1.82, 2.24) is 0 Å². The molecule has 1 amide bonds. The van der Waals surface area contributed by atoms with Crippen LogP contribution in [0, 0.1) is 5.92 Å². The minimum atomic E-state index is 0.105. The summed E-state index contributed by atoms with van der Waals surface area (Å²) in [6.45, 7) is 0. The van der Waals surface area contributed by atoms with Gasteiger partial charge in [0.15, 0.2) is 0 Å². The Morgan fingerprint density at radius 3 is 2.79 bits per heavy atom. The van der Waals surface area contributed by atoms with E-state index in [4.69, 9.17) is 11.6 Å². The number of amides is 1. The van der Waals surface area contributed by atoms with Crippen LogP contribution in [0.3, 0.4) is 0 Å². The van der Waals surface area contributed by atoms with Crippen molar-refractivity contribution in [3.63, 3.8) is 0 Å². The molecule has 1 aliphatic rings. The molecule has 0 spiro atoms. The first-order chi connectivity index (χ1) is 6.66. The second-order valence-electron chi connectivity index (χ2n) is 3.39. The van der Waals surface area contributed by atoms with Crippen LogP contribution >= 0.6 is 27.5 Å². The SMILES string of the molecule is O=C(Nc1ccc(Cl)cc1Br)C1CC1. The minimum Gasteiger partial charge on any atom is -0.325 e. The van der Waals surface area contributed by atoms with Crippen LogP contribution in [0.2, 0.25) is 5.02 Å². The molecular formula is C10H9BrClNO. The van der Waals surface area contributed by atoms with Crippen molar-refractivity contribution >= 4 is 39.1 Å². The Morgan fingerprint density at radius 1 is 1.50 bits per heavy atom. The quantitative estimate of drug-likeness (QED) is 0.879. The molecule has 2 rings (SSSR count). The van der Waals surface area contributed by atoms with Gasteiger partial charge in [-0.2, -0.15) is 0 Å². The summed E-state index contributed by atoms with van der Waals surface area (Å²) in [6, 6.07) is 5.32. The lowest BCUT2D eigenvalue weighted by molar-refractivity contribution is -0.117. The molecule has 0 bridgehead atoms. The molecule has 1 saturated carbocycles. The van der Waals surface area contributed by atoms with E-state index in [9.17, 15) is 4.79 Å². The van der Waals surface area contributed by atoms with Gasteiger partial charge in [-0.15, -0.1) is 0 Å². The summed E-state index contributed by atoms with van der Waals surface area (Å²) < 4.78 is 0.819. The molecule has 0 radical (unpaired) electrons. The van der Waals surface area contributed by atoms with Gasteiger partial charge in [0.05, 0.1) is 5.69 Å². The van der Waals surface area contributed by atoms with Crippen molar-refractivity contribution in [2.24, 2.45) is 5.92 Å². The smallest absolute Gasteiger partial charge is 0.227 e. The molecule has 0 aromatic heterocycles. The Bertz CT molecular complexity index is 376. The van der Waals surface area contributed by atoms with Crippen molar-refractivity contribution in [3.8, 4) is 0 Å². The van der Waals surface area contributed by atoms with E-state index in [0.29, 0.717) is 5.02 Å². The molecule has 0 atom stereocenters. The van der Waals surface area contributed by atoms with Gasteiger partial charge in [0.1, 0.15) is 0 Å². The predicted octanol–water partition coefficient (Wildman–Crippen LogP) is 3.45. The van der Waals surface area contributed by atoms with E-state index in [1.165, 1.54) is 0 Å². The normalized spacial score (nSPS) is 15.3. The standard InChI is InChI=1S/C10H9BrClNO/c11-8-5-7(12)3-4-9(8)13-10(14)6-1-2-6/h3-6H,1-2H2,(H,13,14). The van der Waals surface area contributed by atoms with Gasteiger partial charge in [0.25, 0.3) is 0 Å². The topological polar surface area (TPSA) is 29.1 Å². The molecule has 1 aromatic carbocycles. The predicted molar refractivity (Wildman–Crippen MR) is 60.5 cm³/mol. The first-order valence-corrected chi connectivity index (χ1v) is 5.60. The first-order valence-electron chi connectivity index (χ1n) is 4.43. The molecule has 1 fully saturated rings. The Balaban J connectivity index is 2.11. The summed E-state index contributed by atoms with van der Waals surface area (Å²) in [5.74, 6) is 0.325. The molecule has 4 heteroatoms. The molecule has 0 unspecified atom stereocenters. The highest BCUT2D eigenvalue weighted by molar-refractivity contribution is 9.10. The third kappa shape index (κ3) is 2.28. The van der Waals surface area contributed by atoms with E-state index >= 15 is 0 Å². The van der Waals surface area contributed by atoms with Gasteiger partial charge < -0.3 is 5.32 Å². The van der Waals surface area contributed by atoms with E-state index in [0.717, 1.165) is 23.0 Å². The van der Waals surface area contributed by atoms with Crippen LogP contribution < -0.4 is 5.32 Å². The van der Waals surface area contributed by atoms with Crippen LogP contribution in [0.25, 0.3) is 0 Å². The zero-order valence-corrected chi connectivity index (χ0v) is 9.73. The van der Waals surface area contributed by atoms with Crippen LogP contribution in [0.15, 0.2) is 22.7 Å². The Labute approximate surface area is 95.8 Å². The maximum Gasteiger partial charge on any atom is 0.227 e. The van der Waals surface area contributed by atoms with Crippen LogP contribution in [0.4, 0.5) is 5.69 Å². The lowest BCUT2D eigenvalue weighted by Crippen LogP contribution is -2.13. The summed E-state index contributed by atoms with van der Waals surface area (Å²) in [5, 5.41) is 3.51. The van der Waals surface area contributed by atoms with E-state index < -0.39 is 0 Å². The third-order valence-corrected chi connectivity index (χ3v) is 3.03. The molecule has 1 aliphatic carbocycles. The molecule has 2 nitrogen and oxygen atoms in total.